The third-order valence-corrected chi connectivity index (χ3v) is 4.24. The molecule has 0 saturated heterocycles. The molecule has 0 aliphatic rings. The molecule has 0 radical (unpaired) electrons. The summed E-state index contributed by atoms with van der Waals surface area (Å²) < 4.78 is 0. The lowest BCUT2D eigenvalue weighted by Crippen LogP contribution is -2.11. The quantitative estimate of drug-likeness (QED) is 0.903. The second kappa shape index (κ2) is 5.38. The maximum absolute atomic E-state index is 11.1. The second-order valence-corrected chi connectivity index (χ2v) is 6.73. The number of hydrogen-bond acceptors (Lipinski definition) is 3. The predicted molar refractivity (Wildman–Crippen MR) is 80.5 cm³/mol. The summed E-state index contributed by atoms with van der Waals surface area (Å²) in [5.74, 6) is -1.01. The number of carboxylic acid groups (broad SMARTS) is 1. The highest BCUT2D eigenvalue weighted by Gasteiger charge is 2.21. The molecule has 0 bridgehead atoms. The maximum atomic E-state index is 11.1. The van der Waals surface area contributed by atoms with Gasteiger partial charge in [0.05, 0.1) is 10.4 Å². The van der Waals surface area contributed by atoms with Crippen molar-refractivity contribution in [2.24, 2.45) is 0 Å². The van der Waals surface area contributed by atoms with E-state index in [4.69, 9.17) is 5.11 Å². The molecule has 1 aromatic heterocycles. The van der Waals surface area contributed by atoms with Gasteiger partial charge in [0.25, 0.3) is 0 Å². The molecule has 3 nitrogen and oxygen atoms in total. The van der Waals surface area contributed by atoms with Crippen LogP contribution in [-0.4, -0.2) is 16.2 Å². The molecule has 4 heteroatoms. The SMILES string of the molecule is CC(C)(C)c1ccc(C(O)c2sccc2C(=O)O)cc1. The first kappa shape index (κ1) is 14.8. The van der Waals surface area contributed by atoms with Crippen molar-refractivity contribution in [1.82, 2.24) is 0 Å². The van der Waals surface area contributed by atoms with E-state index in [1.807, 2.05) is 24.3 Å². The Kier molecular flexibility index (Phi) is 3.97. The number of aliphatic hydroxyl groups excluding tert-OH is 1. The number of thiophene rings is 1. The number of aliphatic hydroxyl groups is 1. The minimum atomic E-state index is -1.01. The molecule has 0 amide bonds. The highest BCUT2D eigenvalue weighted by atomic mass is 32.1. The number of benzene rings is 1. The van der Waals surface area contributed by atoms with Gasteiger partial charge in [-0.2, -0.15) is 0 Å². The molecular formula is C16H18O3S. The van der Waals surface area contributed by atoms with Crippen LogP contribution >= 0.6 is 11.3 Å². The summed E-state index contributed by atoms with van der Waals surface area (Å²) in [5, 5.41) is 21.1. The van der Waals surface area contributed by atoms with Gasteiger partial charge in [0.15, 0.2) is 0 Å². The fraction of sp³-hybridized carbons (Fsp3) is 0.312. The lowest BCUT2D eigenvalue weighted by Gasteiger charge is -2.20. The van der Waals surface area contributed by atoms with Crippen LogP contribution in [0.15, 0.2) is 35.7 Å². The molecule has 0 saturated carbocycles. The normalized spacial score (nSPS) is 13.2. The molecule has 2 N–H and O–H groups in total. The van der Waals surface area contributed by atoms with Crippen LogP contribution in [0.5, 0.6) is 0 Å². The monoisotopic (exact) mass is 290 g/mol. The molecule has 20 heavy (non-hydrogen) atoms. The first-order valence-corrected chi connectivity index (χ1v) is 7.28. The number of carbonyl (C=O) groups is 1. The predicted octanol–water partition coefficient (Wildman–Crippen LogP) is 3.83. The zero-order valence-electron chi connectivity index (χ0n) is 11.8. The second-order valence-electron chi connectivity index (χ2n) is 5.78. The van der Waals surface area contributed by atoms with Gasteiger partial charge in [0.1, 0.15) is 6.10 Å². The van der Waals surface area contributed by atoms with E-state index in [1.165, 1.54) is 23.0 Å². The van der Waals surface area contributed by atoms with Crippen LogP contribution in [0.1, 0.15) is 53.2 Å². The first-order valence-electron chi connectivity index (χ1n) is 6.40. The van der Waals surface area contributed by atoms with Crippen LogP contribution in [-0.2, 0) is 5.41 Å². The van der Waals surface area contributed by atoms with Gasteiger partial charge in [0.2, 0.25) is 0 Å². The van der Waals surface area contributed by atoms with E-state index < -0.39 is 12.1 Å². The smallest absolute Gasteiger partial charge is 0.336 e. The number of aromatic carboxylic acids is 1. The van der Waals surface area contributed by atoms with E-state index in [0.717, 1.165) is 0 Å². The van der Waals surface area contributed by atoms with Crippen LogP contribution in [0.4, 0.5) is 0 Å². The summed E-state index contributed by atoms with van der Waals surface area (Å²) in [4.78, 5) is 11.6. The van der Waals surface area contributed by atoms with Crippen LogP contribution in [0.2, 0.25) is 0 Å². The molecule has 1 unspecified atom stereocenters. The molecule has 0 aliphatic carbocycles. The Morgan fingerprint density at radius 1 is 1.15 bits per heavy atom. The molecule has 2 rings (SSSR count). The summed E-state index contributed by atoms with van der Waals surface area (Å²) >= 11 is 1.26. The minimum Gasteiger partial charge on any atom is -0.478 e. The molecule has 0 aliphatic heterocycles. The Labute approximate surface area is 122 Å². The average Bonchev–Trinajstić information content (AvgIpc) is 2.86. The fourth-order valence-electron chi connectivity index (χ4n) is 2.03. The average molecular weight is 290 g/mol. The van der Waals surface area contributed by atoms with Gasteiger partial charge >= 0.3 is 5.97 Å². The Balaban J connectivity index is 2.32. The highest BCUT2D eigenvalue weighted by molar-refractivity contribution is 7.10. The standard InChI is InChI=1S/C16H18O3S/c1-16(2,3)11-6-4-10(5-7-11)13(17)14-12(15(18)19)8-9-20-14/h4-9,13,17H,1-3H3,(H,18,19). The lowest BCUT2D eigenvalue weighted by molar-refractivity contribution is 0.0692. The minimum absolute atomic E-state index is 0.0542. The molecule has 1 atom stereocenters. The van der Waals surface area contributed by atoms with Crippen molar-refractivity contribution in [3.63, 3.8) is 0 Å². The summed E-state index contributed by atoms with van der Waals surface area (Å²) in [6.07, 6.45) is -0.893. The van der Waals surface area contributed by atoms with Crippen LogP contribution < -0.4 is 0 Å². The summed E-state index contributed by atoms with van der Waals surface area (Å²) in [7, 11) is 0. The van der Waals surface area contributed by atoms with Crippen LogP contribution in [0.25, 0.3) is 0 Å². The molecule has 0 fully saturated rings. The maximum Gasteiger partial charge on any atom is 0.336 e. The van der Waals surface area contributed by atoms with Gasteiger partial charge in [-0.3, -0.25) is 0 Å². The van der Waals surface area contributed by atoms with E-state index in [0.29, 0.717) is 10.4 Å². The van der Waals surface area contributed by atoms with E-state index >= 15 is 0 Å². The van der Waals surface area contributed by atoms with Gasteiger partial charge in [0, 0.05) is 0 Å². The molecule has 2 aromatic rings. The van der Waals surface area contributed by atoms with Crippen molar-refractivity contribution in [1.29, 1.82) is 0 Å². The van der Waals surface area contributed by atoms with Crippen LogP contribution in [0, 0.1) is 0 Å². The molecule has 0 spiro atoms. The van der Waals surface area contributed by atoms with E-state index in [2.05, 4.69) is 20.8 Å². The molecule has 1 heterocycles. The van der Waals surface area contributed by atoms with E-state index in [1.54, 1.807) is 5.38 Å². The largest absolute Gasteiger partial charge is 0.478 e. The van der Waals surface area contributed by atoms with Crippen LogP contribution in [0.3, 0.4) is 0 Å². The van der Waals surface area contributed by atoms with E-state index in [9.17, 15) is 9.90 Å². The molecule has 106 valence electrons. The van der Waals surface area contributed by atoms with Crippen molar-refractivity contribution in [3.05, 3.63) is 57.3 Å². The summed E-state index contributed by atoms with van der Waals surface area (Å²) in [5.41, 5.74) is 2.11. The van der Waals surface area contributed by atoms with Gasteiger partial charge < -0.3 is 10.2 Å². The molecule has 1 aromatic carbocycles. The summed E-state index contributed by atoms with van der Waals surface area (Å²) in [6.45, 7) is 6.38. The van der Waals surface area contributed by atoms with Gasteiger partial charge in [-0.25, -0.2) is 4.79 Å². The number of carboxylic acids is 1. The van der Waals surface area contributed by atoms with Crippen molar-refractivity contribution in [3.8, 4) is 0 Å². The van der Waals surface area contributed by atoms with Crippen molar-refractivity contribution in [2.45, 2.75) is 32.3 Å². The Morgan fingerprint density at radius 3 is 2.25 bits per heavy atom. The summed E-state index contributed by atoms with van der Waals surface area (Å²) in [6, 6.07) is 9.20. The Morgan fingerprint density at radius 2 is 1.75 bits per heavy atom. The van der Waals surface area contributed by atoms with Crippen molar-refractivity contribution in [2.75, 3.05) is 0 Å². The lowest BCUT2D eigenvalue weighted by atomic mass is 9.86. The third-order valence-electron chi connectivity index (χ3n) is 3.27. The van der Waals surface area contributed by atoms with E-state index in [-0.39, 0.29) is 11.0 Å². The van der Waals surface area contributed by atoms with Gasteiger partial charge in [-0.15, -0.1) is 11.3 Å². The zero-order valence-corrected chi connectivity index (χ0v) is 12.6. The number of rotatable bonds is 3. The fourth-order valence-corrected chi connectivity index (χ4v) is 2.92. The third kappa shape index (κ3) is 2.92. The number of hydrogen-bond donors (Lipinski definition) is 2. The Bertz CT molecular complexity index is 605. The van der Waals surface area contributed by atoms with Gasteiger partial charge in [-0.05, 0) is 28.0 Å². The van der Waals surface area contributed by atoms with Crippen molar-refractivity contribution < 1.29 is 15.0 Å². The molecular weight excluding hydrogens is 272 g/mol. The topological polar surface area (TPSA) is 57.5 Å². The zero-order chi connectivity index (χ0) is 14.9. The van der Waals surface area contributed by atoms with Gasteiger partial charge in [-0.1, -0.05) is 45.0 Å². The first-order chi connectivity index (χ1) is 9.30. The van der Waals surface area contributed by atoms with Crippen molar-refractivity contribution >= 4 is 17.3 Å². The highest BCUT2D eigenvalue weighted by Crippen LogP contribution is 2.31. The Hall–Kier alpha value is -1.65.